The Morgan fingerprint density at radius 3 is 2.80 bits per heavy atom. The second-order valence-electron chi connectivity index (χ2n) is 6.09. The molecule has 0 spiro atoms. The molecule has 0 aliphatic heterocycles. The molecule has 1 aromatic rings. The third-order valence-corrected chi connectivity index (χ3v) is 4.71. The van der Waals surface area contributed by atoms with Gasteiger partial charge in [0.15, 0.2) is 0 Å². The molecule has 3 heteroatoms. The summed E-state index contributed by atoms with van der Waals surface area (Å²) in [4.78, 5) is 11.8. The minimum Gasteiger partial charge on any atom is -0.496 e. The van der Waals surface area contributed by atoms with Crippen LogP contribution >= 0.6 is 0 Å². The number of carboxylic acid groups (broad SMARTS) is 1. The molecular formula is C17H24O3. The molecule has 1 N–H and O–H groups in total. The van der Waals surface area contributed by atoms with Crippen LogP contribution in [0.3, 0.4) is 0 Å². The fourth-order valence-corrected chi connectivity index (χ4v) is 3.43. The average Bonchev–Trinajstić information content (AvgIpc) is 2.84. The Hall–Kier alpha value is -1.51. The first kappa shape index (κ1) is 14.9. The summed E-state index contributed by atoms with van der Waals surface area (Å²) in [7, 11) is 1.64. The zero-order chi connectivity index (χ0) is 14.8. The SMILES string of the molecule is CCC1CCC(Cc2cc(C)ccc2OC)(C(=O)O)C1. The first-order valence-corrected chi connectivity index (χ1v) is 7.37. The zero-order valence-corrected chi connectivity index (χ0v) is 12.6. The van der Waals surface area contributed by atoms with Crippen LogP contribution in [0.15, 0.2) is 18.2 Å². The van der Waals surface area contributed by atoms with Crippen LogP contribution in [0.5, 0.6) is 5.75 Å². The molecule has 0 saturated heterocycles. The van der Waals surface area contributed by atoms with E-state index in [1.54, 1.807) is 7.11 Å². The second-order valence-corrected chi connectivity index (χ2v) is 6.09. The largest absolute Gasteiger partial charge is 0.496 e. The van der Waals surface area contributed by atoms with Crippen molar-refractivity contribution in [1.82, 2.24) is 0 Å². The Kier molecular flexibility index (Phi) is 4.36. The number of aliphatic carboxylic acids is 1. The molecule has 0 bridgehead atoms. The Morgan fingerprint density at radius 2 is 2.25 bits per heavy atom. The molecule has 20 heavy (non-hydrogen) atoms. The molecule has 0 amide bonds. The van der Waals surface area contributed by atoms with Crippen LogP contribution in [0.2, 0.25) is 0 Å². The molecular weight excluding hydrogens is 252 g/mol. The summed E-state index contributed by atoms with van der Waals surface area (Å²) in [5.74, 6) is 0.690. The first-order valence-electron chi connectivity index (χ1n) is 7.37. The van der Waals surface area contributed by atoms with E-state index in [-0.39, 0.29) is 0 Å². The van der Waals surface area contributed by atoms with E-state index in [1.807, 2.05) is 19.1 Å². The fourth-order valence-electron chi connectivity index (χ4n) is 3.43. The van der Waals surface area contributed by atoms with Crippen LogP contribution in [0.25, 0.3) is 0 Å². The van der Waals surface area contributed by atoms with Crippen LogP contribution in [0.1, 0.15) is 43.7 Å². The Morgan fingerprint density at radius 1 is 1.50 bits per heavy atom. The van der Waals surface area contributed by atoms with Crippen molar-refractivity contribution in [1.29, 1.82) is 0 Å². The molecule has 1 aliphatic rings. The summed E-state index contributed by atoms with van der Waals surface area (Å²) in [5, 5.41) is 9.73. The number of hydrogen-bond acceptors (Lipinski definition) is 2. The van der Waals surface area contributed by atoms with Gasteiger partial charge in [-0.15, -0.1) is 0 Å². The van der Waals surface area contributed by atoms with Crippen LogP contribution in [0, 0.1) is 18.3 Å². The fraction of sp³-hybridized carbons (Fsp3) is 0.588. The maximum Gasteiger partial charge on any atom is 0.309 e. The van der Waals surface area contributed by atoms with Crippen LogP contribution < -0.4 is 4.74 Å². The molecule has 1 aliphatic carbocycles. The smallest absolute Gasteiger partial charge is 0.309 e. The third-order valence-electron chi connectivity index (χ3n) is 4.71. The van der Waals surface area contributed by atoms with Crippen molar-refractivity contribution in [2.75, 3.05) is 7.11 Å². The van der Waals surface area contributed by atoms with Crippen LogP contribution in [-0.4, -0.2) is 18.2 Å². The van der Waals surface area contributed by atoms with E-state index < -0.39 is 11.4 Å². The summed E-state index contributed by atoms with van der Waals surface area (Å²) < 4.78 is 5.40. The lowest BCUT2D eigenvalue weighted by Gasteiger charge is -2.25. The number of carbonyl (C=O) groups is 1. The van der Waals surface area contributed by atoms with E-state index in [2.05, 4.69) is 13.0 Å². The molecule has 2 unspecified atom stereocenters. The maximum absolute atomic E-state index is 11.8. The molecule has 3 nitrogen and oxygen atoms in total. The third kappa shape index (κ3) is 2.82. The van der Waals surface area contributed by atoms with Crippen molar-refractivity contribution in [2.45, 2.75) is 46.0 Å². The first-order chi connectivity index (χ1) is 9.50. The lowest BCUT2D eigenvalue weighted by atomic mass is 9.78. The van der Waals surface area contributed by atoms with Gasteiger partial charge < -0.3 is 9.84 Å². The minimum atomic E-state index is -0.656. The van der Waals surface area contributed by atoms with Gasteiger partial charge in [-0.25, -0.2) is 0 Å². The molecule has 0 heterocycles. The molecule has 0 aromatic heterocycles. The minimum absolute atomic E-state index is 0.543. The summed E-state index contributed by atoms with van der Waals surface area (Å²) >= 11 is 0. The molecule has 2 atom stereocenters. The second kappa shape index (κ2) is 5.86. The highest BCUT2D eigenvalue weighted by Gasteiger charge is 2.45. The molecule has 0 radical (unpaired) electrons. The number of rotatable bonds is 5. The van der Waals surface area contributed by atoms with Gasteiger partial charge in [0.25, 0.3) is 0 Å². The monoisotopic (exact) mass is 276 g/mol. The quantitative estimate of drug-likeness (QED) is 0.889. The Labute approximate surface area is 121 Å². The van der Waals surface area contributed by atoms with Gasteiger partial charge in [0.1, 0.15) is 5.75 Å². The summed E-state index contributed by atoms with van der Waals surface area (Å²) in [5.41, 5.74) is 1.56. The normalized spacial score (nSPS) is 25.6. The van der Waals surface area contributed by atoms with Crippen LogP contribution in [-0.2, 0) is 11.2 Å². The summed E-state index contributed by atoms with van der Waals surface area (Å²) in [6.07, 6.45) is 4.23. The number of hydrogen-bond donors (Lipinski definition) is 1. The van der Waals surface area contributed by atoms with E-state index in [0.29, 0.717) is 12.3 Å². The highest BCUT2D eigenvalue weighted by molar-refractivity contribution is 5.75. The number of benzene rings is 1. The molecule has 1 saturated carbocycles. The maximum atomic E-state index is 11.8. The summed E-state index contributed by atoms with van der Waals surface area (Å²) in [6.45, 7) is 4.18. The Balaban J connectivity index is 2.30. The van der Waals surface area contributed by atoms with Gasteiger partial charge in [-0.1, -0.05) is 31.0 Å². The van der Waals surface area contributed by atoms with Gasteiger partial charge in [-0.2, -0.15) is 0 Å². The number of methoxy groups -OCH3 is 1. The van der Waals surface area contributed by atoms with Crippen molar-refractivity contribution in [3.05, 3.63) is 29.3 Å². The standard InChI is InChI=1S/C17H24O3/c1-4-13-7-8-17(10-13,16(18)19)11-14-9-12(2)5-6-15(14)20-3/h5-6,9,13H,4,7-8,10-11H2,1-3H3,(H,18,19). The topological polar surface area (TPSA) is 46.5 Å². The molecule has 110 valence electrons. The van der Waals surface area contributed by atoms with Gasteiger partial charge in [0.05, 0.1) is 12.5 Å². The average molecular weight is 276 g/mol. The van der Waals surface area contributed by atoms with Crippen LogP contribution in [0.4, 0.5) is 0 Å². The molecule has 1 fully saturated rings. The summed E-state index contributed by atoms with van der Waals surface area (Å²) in [6, 6.07) is 5.99. The lowest BCUT2D eigenvalue weighted by molar-refractivity contribution is -0.148. The van der Waals surface area contributed by atoms with Crippen molar-refractivity contribution < 1.29 is 14.6 Å². The van der Waals surface area contributed by atoms with Gasteiger partial charge in [0.2, 0.25) is 0 Å². The van der Waals surface area contributed by atoms with E-state index >= 15 is 0 Å². The van der Waals surface area contributed by atoms with E-state index in [4.69, 9.17) is 4.74 Å². The number of carboxylic acids is 1. The highest BCUT2D eigenvalue weighted by atomic mass is 16.5. The van der Waals surface area contributed by atoms with Gasteiger partial charge in [-0.3, -0.25) is 4.79 Å². The highest BCUT2D eigenvalue weighted by Crippen LogP contribution is 2.46. The van der Waals surface area contributed by atoms with Gasteiger partial charge in [0, 0.05) is 0 Å². The number of aryl methyl sites for hydroxylation is 1. The lowest BCUT2D eigenvalue weighted by Crippen LogP contribution is -2.31. The van der Waals surface area contributed by atoms with E-state index in [9.17, 15) is 9.90 Å². The predicted octanol–water partition coefficient (Wildman–Crippen LogP) is 3.83. The predicted molar refractivity (Wildman–Crippen MR) is 79.1 cm³/mol. The van der Waals surface area contributed by atoms with Crippen molar-refractivity contribution in [3.8, 4) is 5.75 Å². The zero-order valence-electron chi connectivity index (χ0n) is 12.6. The Bertz CT molecular complexity index is 495. The van der Waals surface area contributed by atoms with Crippen molar-refractivity contribution in [2.24, 2.45) is 11.3 Å². The van der Waals surface area contributed by atoms with E-state index in [0.717, 1.165) is 42.6 Å². The molecule has 1 aromatic carbocycles. The molecule has 2 rings (SSSR count). The number of ether oxygens (including phenoxy) is 1. The van der Waals surface area contributed by atoms with Gasteiger partial charge >= 0.3 is 5.97 Å². The van der Waals surface area contributed by atoms with Crippen molar-refractivity contribution in [3.63, 3.8) is 0 Å². The van der Waals surface area contributed by atoms with Gasteiger partial charge in [-0.05, 0) is 50.2 Å². The van der Waals surface area contributed by atoms with Crippen molar-refractivity contribution >= 4 is 5.97 Å². The van der Waals surface area contributed by atoms with E-state index in [1.165, 1.54) is 0 Å².